The lowest BCUT2D eigenvalue weighted by Gasteiger charge is -2.27. The molecule has 6 heteroatoms. The Hall–Kier alpha value is -1.69. The van der Waals surface area contributed by atoms with Gasteiger partial charge in [0.05, 0.1) is 4.92 Å². The molecule has 0 aliphatic carbocycles. The molecule has 0 atom stereocenters. The Morgan fingerprint density at radius 1 is 1.10 bits per heavy atom. The molecule has 0 radical (unpaired) electrons. The number of nitro benzene ring substituents is 1. The molecular formula is C14H19N3O2S. The summed E-state index contributed by atoms with van der Waals surface area (Å²) in [6.07, 6.45) is 6.17. The van der Waals surface area contributed by atoms with Gasteiger partial charge >= 0.3 is 0 Å². The Morgan fingerprint density at radius 2 is 1.65 bits per heavy atom. The molecule has 0 saturated carbocycles. The average Bonchev–Trinajstić information content (AvgIpc) is 2.38. The summed E-state index contributed by atoms with van der Waals surface area (Å²) in [5.74, 6) is 0. The van der Waals surface area contributed by atoms with Gasteiger partial charge in [0, 0.05) is 30.9 Å². The van der Waals surface area contributed by atoms with Gasteiger partial charge in [-0.05, 0) is 37.2 Å². The van der Waals surface area contributed by atoms with Crippen molar-refractivity contribution >= 4 is 28.7 Å². The van der Waals surface area contributed by atoms with Gasteiger partial charge in [0.2, 0.25) is 0 Å². The van der Waals surface area contributed by atoms with E-state index in [1.54, 1.807) is 12.1 Å². The minimum absolute atomic E-state index is 0.0905. The van der Waals surface area contributed by atoms with Crippen molar-refractivity contribution in [2.24, 2.45) is 0 Å². The zero-order chi connectivity index (χ0) is 14.4. The van der Waals surface area contributed by atoms with Crippen LogP contribution in [0.15, 0.2) is 24.3 Å². The fourth-order valence-electron chi connectivity index (χ4n) is 2.32. The number of non-ortho nitro benzene ring substituents is 1. The molecule has 0 spiro atoms. The minimum Gasteiger partial charge on any atom is -0.349 e. The molecule has 1 heterocycles. The maximum absolute atomic E-state index is 10.6. The quantitative estimate of drug-likeness (QED) is 0.513. The normalized spacial score (nSPS) is 16.1. The largest absolute Gasteiger partial charge is 0.349 e. The van der Waals surface area contributed by atoms with Crippen LogP contribution in [0.25, 0.3) is 0 Å². The molecule has 1 saturated heterocycles. The standard InChI is InChI=1S/C14H19N3O2S/c18-17(19)13-8-6-12(7-9-13)15-14(20)16-10-4-2-1-3-5-11-16/h6-9H,1-5,10-11H2,(H,15,20). The summed E-state index contributed by atoms with van der Waals surface area (Å²) < 4.78 is 0. The topological polar surface area (TPSA) is 58.4 Å². The average molecular weight is 293 g/mol. The molecule has 1 aromatic rings. The summed E-state index contributed by atoms with van der Waals surface area (Å²) in [6, 6.07) is 6.35. The molecule has 0 unspecified atom stereocenters. The van der Waals surface area contributed by atoms with Gasteiger partial charge in [-0.2, -0.15) is 0 Å². The lowest BCUT2D eigenvalue weighted by Crippen LogP contribution is -2.36. The molecule has 2 rings (SSSR count). The van der Waals surface area contributed by atoms with E-state index in [4.69, 9.17) is 12.2 Å². The molecule has 108 valence electrons. The van der Waals surface area contributed by atoms with Crippen molar-refractivity contribution in [2.75, 3.05) is 18.4 Å². The summed E-state index contributed by atoms with van der Waals surface area (Å²) >= 11 is 5.43. The first kappa shape index (κ1) is 14.7. The molecular weight excluding hydrogens is 274 g/mol. The summed E-state index contributed by atoms with van der Waals surface area (Å²) in [7, 11) is 0. The van der Waals surface area contributed by atoms with Crippen molar-refractivity contribution in [3.05, 3.63) is 34.4 Å². The van der Waals surface area contributed by atoms with Crippen LogP contribution in [-0.2, 0) is 0 Å². The van der Waals surface area contributed by atoms with Crippen molar-refractivity contribution in [1.82, 2.24) is 4.90 Å². The molecule has 20 heavy (non-hydrogen) atoms. The van der Waals surface area contributed by atoms with Crippen molar-refractivity contribution in [3.63, 3.8) is 0 Å². The van der Waals surface area contributed by atoms with Crippen LogP contribution in [-0.4, -0.2) is 28.0 Å². The smallest absolute Gasteiger partial charge is 0.269 e. The first-order valence-corrected chi connectivity index (χ1v) is 7.38. The Labute approximate surface area is 124 Å². The van der Waals surface area contributed by atoms with Gasteiger partial charge in [0.15, 0.2) is 5.11 Å². The van der Waals surface area contributed by atoms with Gasteiger partial charge in [-0.1, -0.05) is 19.3 Å². The highest BCUT2D eigenvalue weighted by molar-refractivity contribution is 7.80. The lowest BCUT2D eigenvalue weighted by atomic mass is 10.1. The number of nitrogens with zero attached hydrogens (tertiary/aromatic N) is 2. The Morgan fingerprint density at radius 3 is 2.20 bits per heavy atom. The molecule has 5 nitrogen and oxygen atoms in total. The maximum Gasteiger partial charge on any atom is 0.269 e. The van der Waals surface area contributed by atoms with Crippen LogP contribution in [0.1, 0.15) is 32.1 Å². The summed E-state index contributed by atoms with van der Waals surface area (Å²) in [5.41, 5.74) is 0.885. The lowest BCUT2D eigenvalue weighted by molar-refractivity contribution is -0.384. The molecule has 1 N–H and O–H groups in total. The number of benzene rings is 1. The van der Waals surface area contributed by atoms with Crippen molar-refractivity contribution < 1.29 is 4.92 Å². The van der Waals surface area contributed by atoms with E-state index in [2.05, 4.69) is 10.2 Å². The van der Waals surface area contributed by atoms with Gasteiger partial charge in [0.1, 0.15) is 0 Å². The molecule has 0 bridgehead atoms. The van der Waals surface area contributed by atoms with E-state index >= 15 is 0 Å². The van der Waals surface area contributed by atoms with Crippen LogP contribution in [0.2, 0.25) is 0 Å². The third-order valence-electron chi connectivity index (χ3n) is 3.47. The van der Waals surface area contributed by atoms with E-state index in [-0.39, 0.29) is 5.69 Å². The second-order valence-corrected chi connectivity index (χ2v) is 5.38. The Balaban J connectivity index is 1.93. The summed E-state index contributed by atoms with van der Waals surface area (Å²) in [4.78, 5) is 12.4. The predicted molar refractivity (Wildman–Crippen MR) is 84.0 cm³/mol. The Bertz CT molecular complexity index is 468. The van der Waals surface area contributed by atoms with Crippen molar-refractivity contribution in [3.8, 4) is 0 Å². The second kappa shape index (κ2) is 7.19. The molecule has 0 amide bonds. The first-order valence-electron chi connectivity index (χ1n) is 6.97. The maximum atomic E-state index is 10.6. The Kier molecular flexibility index (Phi) is 5.29. The number of thiocarbonyl (C=S) groups is 1. The van der Waals surface area contributed by atoms with E-state index in [0.717, 1.165) is 18.8 Å². The van der Waals surface area contributed by atoms with Crippen LogP contribution in [0.5, 0.6) is 0 Å². The second-order valence-electron chi connectivity index (χ2n) is 4.99. The predicted octanol–water partition coefficient (Wildman–Crippen LogP) is 3.56. The monoisotopic (exact) mass is 293 g/mol. The zero-order valence-electron chi connectivity index (χ0n) is 11.4. The molecule has 1 aromatic carbocycles. The minimum atomic E-state index is -0.402. The first-order chi connectivity index (χ1) is 9.66. The zero-order valence-corrected chi connectivity index (χ0v) is 12.2. The van der Waals surface area contributed by atoms with Crippen LogP contribution < -0.4 is 5.32 Å². The highest BCUT2D eigenvalue weighted by atomic mass is 32.1. The third kappa shape index (κ3) is 4.16. The van der Waals surface area contributed by atoms with Gasteiger partial charge in [0.25, 0.3) is 5.69 Å². The van der Waals surface area contributed by atoms with Gasteiger partial charge in [-0.3, -0.25) is 10.1 Å². The fourth-order valence-corrected chi connectivity index (χ4v) is 2.62. The summed E-state index contributed by atoms with van der Waals surface area (Å²) in [5, 5.41) is 14.5. The van der Waals surface area contributed by atoms with Gasteiger partial charge in [-0.25, -0.2) is 0 Å². The number of hydrogen-bond donors (Lipinski definition) is 1. The van der Waals surface area contributed by atoms with Gasteiger partial charge < -0.3 is 10.2 Å². The molecule has 1 aliphatic rings. The fraction of sp³-hybridized carbons (Fsp3) is 0.500. The molecule has 1 fully saturated rings. The van der Waals surface area contributed by atoms with Crippen LogP contribution in [0, 0.1) is 10.1 Å². The SMILES string of the molecule is O=[N+]([O-])c1ccc(NC(=S)N2CCCCCCC2)cc1. The van der Waals surface area contributed by atoms with E-state index in [1.807, 2.05) is 0 Å². The number of nitrogens with one attached hydrogen (secondary N) is 1. The summed E-state index contributed by atoms with van der Waals surface area (Å²) in [6.45, 7) is 1.97. The van der Waals surface area contributed by atoms with Crippen molar-refractivity contribution in [1.29, 1.82) is 0 Å². The van der Waals surface area contributed by atoms with Crippen molar-refractivity contribution in [2.45, 2.75) is 32.1 Å². The molecule has 0 aromatic heterocycles. The van der Waals surface area contributed by atoms with Crippen LogP contribution in [0.4, 0.5) is 11.4 Å². The highest BCUT2D eigenvalue weighted by Gasteiger charge is 2.12. The van der Waals surface area contributed by atoms with E-state index in [1.165, 1.54) is 44.2 Å². The van der Waals surface area contributed by atoms with Crippen LogP contribution in [0.3, 0.4) is 0 Å². The van der Waals surface area contributed by atoms with E-state index in [9.17, 15) is 10.1 Å². The third-order valence-corrected chi connectivity index (χ3v) is 3.83. The number of nitro groups is 1. The van der Waals surface area contributed by atoms with Crippen LogP contribution >= 0.6 is 12.2 Å². The van der Waals surface area contributed by atoms with E-state index in [0.29, 0.717) is 5.11 Å². The number of hydrogen-bond acceptors (Lipinski definition) is 3. The highest BCUT2D eigenvalue weighted by Crippen LogP contribution is 2.17. The van der Waals surface area contributed by atoms with Gasteiger partial charge in [-0.15, -0.1) is 0 Å². The molecule has 1 aliphatic heterocycles. The number of anilines is 1. The number of rotatable bonds is 2. The number of likely N-dealkylation sites (tertiary alicyclic amines) is 1. The van der Waals surface area contributed by atoms with E-state index < -0.39 is 4.92 Å².